The summed E-state index contributed by atoms with van der Waals surface area (Å²) in [7, 11) is 0. The summed E-state index contributed by atoms with van der Waals surface area (Å²) in [6.07, 6.45) is 0. The maximum absolute atomic E-state index is 12.1. The number of aromatic nitrogens is 1. The van der Waals surface area contributed by atoms with E-state index < -0.39 is 5.76 Å². The summed E-state index contributed by atoms with van der Waals surface area (Å²) in [5.41, 5.74) is 2.97. The Kier molecular flexibility index (Phi) is 4.12. The third-order valence-electron chi connectivity index (χ3n) is 3.62. The molecule has 0 atom stereocenters. The van der Waals surface area contributed by atoms with Gasteiger partial charge < -0.3 is 14.3 Å². The van der Waals surface area contributed by atoms with Crippen molar-refractivity contribution in [2.75, 3.05) is 6.61 Å². The highest BCUT2D eigenvalue weighted by atomic mass is 16.5. The number of oxazole rings is 1. The summed E-state index contributed by atoms with van der Waals surface area (Å²) < 4.78 is 11.9. The van der Waals surface area contributed by atoms with E-state index in [0.717, 1.165) is 5.56 Å². The second-order valence-electron chi connectivity index (χ2n) is 5.72. The van der Waals surface area contributed by atoms with E-state index in [1.165, 1.54) is 17.6 Å². The van der Waals surface area contributed by atoms with Crippen molar-refractivity contribution in [1.82, 2.24) is 4.57 Å². The molecule has 6 nitrogen and oxygen atoms in total. The molecule has 0 unspecified atom stereocenters. The number of ketones is 1. The predicted octanol–water partition coefficient (Wildman–Crippen LogP) is 2.62. The number of carbonyl (C=O) groups is 1. The van der Waals surface area contributed by atoms with Crippen LogP contribution in [0, 0.1) is 6.92 Å². The Labute approximate surface area is 137 Å². The highest BCUT2D eigenvalue weighted by molar-refractivity contribution is 5.77. The van der Waals surface area contributed by atoms with Gasteiger partial charge in [0, 0.05) is 0 Å². The minimum Gasteiger partial charge on any atom is -0.504 e. The number of phenolic OH excluding ortho intramolecular Hbond substituents is 1. The van der Waals surface area contributed by atoms with E-state index in [9.17, 15) is 14.7 Å². The molecule has 0 amide bonds. The van der Waals surface area contributed by atoms with E-state index >= 15 is 0 Å². The minimum absolute atomic E-state index is 0.0780. The molecular weight excluding hydrogens is 310 g/mol. The number of rotatable bonds is 5. The van der Waals surface area contributed by atoms with Crippen LogP contribution in [0.3, 0.4) is 0 Å². The summed E-state index contributed by atoms with van der Waals surface area (Å²) in [4.78, 5) is 23.0. The van der Waals surface area contributed by atoms with Gasteiger partial charge in [-0.15, -0.1) is 0 Å². The number of ether oxygens (including phenoxy) is 1. The van der Waals surface area contributed by atoms with Crippen LogP contribution in [0.5, 0.6) is 11.5 Å². The van der Waals surface area contributed by atoms with Crippen molar-refractivity contribution in [3.05, 3.63) is 58.1 Å². The fraction of sp³-hybridized carbons (Fsp3) is 0.222. The maximum atomic E-state index is 12.1. The van der Waals surface area contributed by atoms with E-state index in [1.54, 1.807) is 18.2 Å². The number of hydrogen-bond acceptors (Lipinski definition) is 5. The molecule has 2 aromatic carbocycles. The Morgan fingerprint density at radius 1 is 1.25 bits per heavy atom. The second kappa shape index (κ2) is 6.23. The number of Topliss-reactive ketones (excluding diaryl/α,β-unsaturated/α-hetero) is 1. The van der Waals surface area contributed by atoms with Crippen LogP contribution in [-0.4, -0.2) is 22.1 Å². The zero-order valence-corrected chi connectivity index (χ0v) is 13.4. The molecule has 0 aliphatic carbocycles. The molecule has 0 bridgehead atoms. The van der Waals surface area contributed by atoms with Crippen molar-refractivity contribution in [3.8, 4) is 11.5 Å². The molecule has 0 aliphatic rings. The van der Waals surface area contributed by atoms with Gasteiger partial charge in [-0.2, -0.15) is 0 Å². The van der Waals surface area contributed by atoms with Crippen LogP contribution in [0.4, 0.5) is 0 Å². The summed E-state index contributed by atoms with van der Waals surface area (Å²) in [5, 5.41) is 10.0. The molecule has 124 valence electrons. The lowest BCUT2D eigenvalue weighted by atomic mass is 10.2. The van der Waals surface area contributed by atoms with Crippen LogP contribution in [-0.2, 0) is 11.3 Å². The van der Waals surface area contributed by atoms with Gasteiger partial charge in [0.15, 0.2) is 22.9 Å². The molecule has 6 heteroatoms. The smallest absolute Gasteiger partial charge is 0.420 e. The molecule has 24 heavy (non-hydrogen) atoms. The van der Waals surface area contributed by atoms with Gasteiger partial charge in [0.05, 0.1) is 12.1 Å². The number of aryl methyl sites for hydroxylation is 1. The van der Waals surface area contributed by atoms with E-state index in [1.807, 2.05) is 19.1 Å². The highest BCUT2D eigenvalue weighted by Crippen LogP contribution is 2.27. The Morgan fingerprint density at radius 2 is 2.04 bits per heavy atom. The van der Waals surface area contributed by atoms with Gasteiger partial charge in [-0.1, -0.05) is 12.1 Å². The number of carbonyl (C=O) groups excluding carboxylic acids is 1. The molecule has 3 rings (SSSR count). The lowest BCUT2D eigenvalue weighted by molar-refractivity contribution is -0.118. The summed E-state index contributed by atoms with van der Waals surface area (Å²) in [6.45, 7) is 3.51. The first-order chi connectivity index (χ1) is 11.4. The van der Waals surface area contributed by atoms with Crippen molar-refractivity contribution < 1.29 is 19.1 Å². The fourth-order valence-corrected chi connectivity index (χ4v) is 2.47. The number of phenols is 1. The molecule has 0 radical (unpaired) electrons. The van der Waals surface area contributed by atoms with E-state index in [-0.39, 0.29) is 30.4 Å². The predicted molar refractivity (Wildman–Crippen MR) is 88.6 cm³/mol. The van der Waals surface area contributed by atoms with Crippen LogP contribution in [0.25, 0.3) is 11.1 Å². The normalized spacial score (nSPS) is 10.9. The van der Waals surface area contributed by atoms with Gasteiger partial charge in [-0.25, -0.2) is 4.79 Å². The molecule has 0 fully saturated rings. The summed E-state index contributed by atoms with van der Waals surface area (Å²) in [5.74, 6) is -0.433. The van der Waals surface area contributed by atoms with Crippen LogP contribution in [0.15, 0.2) is 45.6 Å². The van der Waals surface area contributed by atoms with Crippen molar-refractivity contribution >= 4 is 16.9 Å². The third kappa shape index (κ3) is 3.17. The van der Waals surface area contributed by atoms with Crippen molar-refractivity contribution in [1.29, 1.82) is 0 Å². The summed E-state index contributed by atoms with van der Waals surface area (Å²) in [6, 6.07) is 10.3. The Balaban J connectivity index is 1.90. The Bertz CT molecular complexity index is 967. The van der Waals surface area contributed by atoms with Crippen LogP contribution in [0.2, 0.25) is 0 Å². The monoisotopic (exact) mass is 327 g/mol. The zero-order valence-electron chi connectivity index (χ0n) is 13.4. The number of fused-ring (bicyclic) bond motifs is 1. The average Bonchev–Trinajstić information content (AvgIpc) is 2.82. The first-order valence-corrected chi connectivity index (χ1v) is 7.48. The second-order valence-corrected chi connectivity index (χ2v) is 5.72. The van der Waals surface area contributed by atoms with E-state index in [4.69, 9.17) is 9.15 Å². The first-order valence-electron chi connectivity index (χ1n) is 7.48. The number of aromatic hydroxyl groups is 1. The fourth-order valence-electron chi connectivity index (χ4n) is 2.47. The first kappa shape index (κ1) is 15.9. The van der Waals surface area contributed by atoms with Gasteiger partial charge in [-0.3, -0.25) is 9.36 Å². The molecule has 1 heterocycles. The number of hydrogen-bond donors (Lipinski definition) is 1. The largest absolute Gasteiger partial charge is 0.504 e. The Hall–Kier alpha value is -3.02. The SMILES string of the molecule is CC(=O)COc1ccc(Cn2c(=O)oc3ccc(C)cc32)cc1O. The molecule has 0 saturated heterocycles. The van der Waals surface area contributed by atoms with Gasteiger partial charge in [0.2, 0.25) is 0 Å². The lowest BCUT2D eigenvalue weighted by Crippen LogP contribution is -2.15. The lowest BCUT2D eigenvalue weighted by Gasteiger charge is -2.09. The minimum atomic E-state index is -0.452. The van der Waals surface area contributed by atoms with Crippen molar-refractivity contribution in [3.63, 3.8) is 0 Å². The zero-order chi connectivity index (χ0) is 17.3. The molecule has 3 aromatic rings. The number of nitrogens with zero attached hydrogens (tertiary/aromatic N) is 1. The highest BCUT2D eigenvalue weighted by Gasteiger charge is 2.11. The van der Waals surface area contributed by atoms with Crippen molar-refractivity contribution in [2.45, 2.75) is 20.4 Å². The quantitative estimate of drug-likeness (QED) is 0.779. The van der Waals surface area contributed by atoms with Crippen LogP contribution >= 0.6 is 0 Å². The van der Waals surface area contributed by atoms with Crippen LogP contribution < -0.4 is 10.5 Å². The molecule has 0 spiro atoms. The van der Waals surface area contributed by atoms with Crippen molar-refractivity contribution in [2.24, 2.45) is 0 Å². The van der Waals surface area contributed by atoms with E-state index in [0.29, 0.717) is 16.7 Å². The van der Waals surface area contributed by atoms with E-state index in [2.05, 4.69) is 0 Å². The maximum Gasteiger partial charge on any atom is 0.420 e. The molecule has 0 saturated carbocycles. The molecule has 0 aliphatic heterocycles. The number of benzene rings is 2. The third-order valence-corrected chi connectivity index (χ3v) is 3.62. The standard InChI is InChI=1S/C18H17NO5/c1-11-3-5-16-14(7-11)19(18(22)24-16)9-13-4-6-17(15(21)8-13)23-10-12(2)20/h3-8,21H,9-10H2,1-2H3. The molecule has 1 N–H and O–H groups in total. The average molecular weight is 327 g/mol. The molecule has 1 aromatic heterocycles. The van der Waals surface area contributed by atoms with Gasteiger partial charge in [0.25, 0.3) is 0 Å². The Morgan fingerprint density at radius 3 is 2.75 bits per heavy atom. The van der Waals surface area contributed by atoms with Gasteiger partial charge in [-0.05, 0) is 49.2 Å². The van der Waals surface area contributed by atoms with Gasteiger partial charge in [0.1, 0.15) is 6.61 Å². The topological polar surface area (TPSA) is 81.7 Å². The van der Waals surface area contributed by atoms with Crippen LogP contribution in [0.1, 0.15) is 18.1 Å². The summed E-state index contributed by atoms with van der Waals surface area (Å²) >= 11 is 0. The molecular formula is C18H17NO5. The van der Waals surface area contributed by atoms with Gasteiger partial charge >= 0.3 is 5.76 Å².